The van der Waals surface area contributed by atoms with E-state index in [0.717, 1.165) is 31.6 Å². The van der Waals surface area contributed by atoms with E-state index in [0.29, 0.717) is 11.5 Å². The predicted octanol–water partition coefficient (Wildman–Crippen LogP) is 2.70. The van der Waals surface area contributed by atoms with E-state index < -0.39 is 4.92 Å². The second kappa shape index (κ2) is 5.05. The average Bonchev–Trinajstić information content (AvgIpc) is 2.39. The first-order chi connectivity index (χ1) is 8.61. The number of non-ortho nitro benzene ring substituents is 1. The highest BCUT2D eigenvalue weighted by Gasteiger charge is 2.20. The highest BCUT2D eigenvalue weighted by molar-refractivity contribution is 5.63. The van der Waals surface area contributed by atoms with Gasteiger partial charge < -0.3 is 4.90 Å². The molecule has 1 heterocycles. The van der Waals surface area contributed by atoms with Crippen LogP contribution in [0, 0.1) is 27.4 Å². The van der Waals surface area contributed by atoms with Crippen LogP contribution in [0.15, 0.2) is 18.2 Å². The molecular weight excluding hydrogens is 230 g/mol. The van der Waals surface area contributed by atoms with Crippen LogP contribution in [0.5, 0.6) is 0 Å². The number of hydrogen-bond donors (Lipinski definition) is 0. The number of nitro benzene ring substituents is 1. The van der Waals surface area contributed by atoms with Crippen LogP contribution in [0.4, 0.5) is 11.4 Å². The Hall–Kier alpha value is -2.09. The highest BCUT2D eigenvalue weighted by atomic mass is 16.6. The number of hydrogen-bond acceptors (Lipinski definition) is 4. The summed E-state index contributed by atoms with van der Waals surface area (Å²) in [4.78, 5) is 12.4. The molecule has 94 valence electrons. The maximum atomic E-state index is 10.7. The van der Waals surface area contributed by atoms with Crippen molar-refractivity contribution in [1.29, 1.82) is 5.26 Å². The summed E-state index contributed by atoms with van der Waals surface area (Å²) in [5.41, 5.74) is 1.18. The second-order valence-corrected chi connectivity index (χ2v) is 4.74. The van der Waals surface area contributed by atoms with Crippen LogP contribution in [-0.2, 0) is 0 Å². The standard InChI is InChI=1S/C13H15N3O2/c1-10-4-6-15(7-5-10)13-3-2-12(16(17)18)8-11(13)9-14/h2-3,8,10H,4-7H2,1H3. The van der Waals surface area contributed by atoms with E-state index in [9.17, 15) is 10.1 Å². The second-order valence-electron chi connectivity index (χ2n) is 4.74. The number of rotatable bonds is 2. The van der Waals surface area contributed by atoms with Gasteiger partial charge in [-0.05, 0) is 24.8 Å². The molecule has 18 heavy (non-hydrogen) atoms. The van der Waals surface area contributed by atoms with Crippen LogP contribution in [0.1, 0.15) is 25.3 Å². The van der Waals surface area contributed by atoms with Gasteiger partial charge >= 0.3 is 0 Å². The fraction of sp³-hybridized carbons (Fsp3) is 0.462. The van der Waals surface area contributed by atoms with Crippen LogP contribution >= 0.6 is 0 Å². The molecule has 0 spiro atoms. The normalized spacial score (nSPS) is 16.3. The molecule has 0 saturated carbocycles. The Balaban J connectivity index is 2.28. The Kier molecular flexibility index (Phi) is 3.47. The van der Waals surface area contributed by atoms with Crippen molar-refractivity contribution in [2.75, 3.05) is 18.0 Å². The van der Waals surface area contributed by atoms with Crippen LogP contribution in [0.2, 0.25) is 0 Å². The lowest BCUT2D eigenvalue weighted by atomic mass is 9.98. The van der Waals surface area contributed by atoms with Crippen molar-refractivity contribution in [3.63, 3.8) is 0 Å². The number of nitro groups is 1. The molecule has 0 bridgehead atoms. The van der Waals surface area contributed by atoms with Gasteiger partial charge in [-0.2, -0.15) is 5.26 Å². The Bertz CT molecular complexity index is 499. The predicted molar refractivity (Wildman–Crippen MR) is 68.4 cm³/mol. The lowest BCUT2D eigenvalue weighted by Crippen LogP contribution is -2.33. The third-order valence-corrected chi connectivity index (χ3v) is 3.44. The Morgan fingerprint density at radius 2 is 2.11 bits per heavy atom. The maximum absolute atomic E-state index is 10.7. The largest absolute Gasteiger partial charge is 0.370 e. The molecule has 0 aromatic heterocycles. The number of anilines is 1. The lowest BCUT2D eigenvalue weighted by molar-refractivity contribution is -0.384. The molecule has 1 aromatic carbocycles. The van der Waals surface area contributed by atoms with E-state index in [1.54, 1.807) is 6.07 Å². The van der Waals surface area contributed by atoms with Crippen LogP contribution in [-0.4, -0.2) is 18.0 Å². The van der Waals surface area contributed by atoms with Crippen LogP contribution in [0.25, 0.3) is 0 Å². The molecule has 0 atom stereocenters. The van der Waals surface area contributed by atoms with E-state index in [4.69, 9.17) is 5.26 Å². The number of benzene rings is 1. The van der Waals surface area contributed by atoms with Crippen molar-refractivity contribution < 1.29 is 4.92 Å². The minimum Gasteiger partial charge on any atom is -0.370 e. The van der Waals surface area contributed by atoms with E-state index in [2.05, 4.69) is 17.9 Å². The molecule has 0 aliphatic carbocycles. The summed E-state index contributed by atoms with van der Waals surface area (Å²) in [5, 5.41) is 19.8. The van der Waals surface area contributed by atoms with Crippen molar-refractivity contribution >= 4 is 11.4 Å². The molecule has 0 amide bonds. The average molecular weight is 245 g/mol. The fourth-order valence-corrected chi connectivity index (χ4v) is 2.25. The van der Waals surface area contributed by atoms with Gasteiger partial charge in [-0.3, -0.25) is 10.1 Å². The molecule has 1 saturated heterocycles. The van der Waals surface area contributed by atoms with Crippen molar-refractivity contribution in [3.05, 3.63) is 33.9 Å². The van der Waals surface area contributed by atoms with Gasteiger partial charge in [-0.15, -0.1) is 0 Å². The number of nitrogens with zero attached hydrogens (tertiary/aromatic N) is 3. The van der Waals surface area contributed by atoms with E-state index in [1.165, 1.54) is 12.1 Å². The van der Waals surface area contributed by atoms with Gasteiger partial charge in [-0.25, -0.2) is 0 Å². The minimum atomic E-state index is -0.469. The molecule has 0 N–H and O–H groups in total. The Morgan fingerprint density at radius 1 is 1.44 bits per heavy atom. The topological polar surface area (TPSA) is 70.2 Å². The maximum Gasteiger partial charge on any atom is 0.270 e. The van der Waals surface area contributed by atoms with Gasteiger partial charge in [0, 0.05) is 25.2 Å². The quantitative estimate of drug-likeness (QED) is 0.593. The lowest BCUT2D eigenvalue weighted by Gasteiger charge is -2.32. The molecule has 1 aromatic rings. The zero-order chi connectivity index (χ0) is 13.1. The first kappa shape index (κ1) is 12.4. The number of piperidine rings is 1. The van der Waals surface area contributed by atoms with Crippen molar-refractivity contribution in [3.8, 4) is 6.07 Å². The molecular formula is C13H15N3O2. The number of nitriles is 1. The van der Waals surface area contributed by atoms with Crippen LogP contribution in [0.3, 0.4) is 0 Å². The van der Waals surface area contributed by atoms with Crippen molar-refractivity contribution in [1.82, 2.24) is 0 Å². The smallest absolute Gasteiger partial charge is 0.270 e. The third-order valence-electron chi connectivity index (χ3n) is 3.44. The van der Waals surface area contributed by atoms with E-state index in [1.807, 2.05) is 0 Å². The summed E-state index contributed by atoms with van der Waals surface area (Å²) < 4.78 is 0. The Labute approximate surface area is 106 Å². The van der Waals surface area contributed by atoms with Gasteiger partial charge in [-0.1, -0.05) is 6.92 Å². The van der Waals surface area contributed by atoms with Gasteiger partial charge in [0.25, 0.3) is 5.69 Å². The third kappa shape index (κ3) is 2.43. The highest BCUT2D eigenvalue weighted by Crippen LogP contribution is 2.28. The molecule has 0 unspecified atom stereocenters. The summed E-state index contributed by atoms with van der Waals surface area (Å²) >= 11 is 0. The first-order valence-corrected chi connectivity index (χ1v) is 6.05. The summed E-state index contributed by atoms with van der Waals surface area (Å²) in [6.45, 7) is 4.04. The summed E-state index contributed by atoms with van der Waals surface area (Å²) in [7, 11) is 0. The minimum absolute atomic E-state index is 0.0272. The molecule has 2 rings (SSSR count). The van der Waals surface area contributed by atoms with Gasteiger partial charge in [0.05, 0.1) is 16.2 Å². The molecule has 1 aliphatic rings. The van der Waals surface area contributed by atoms with Gasteiger partial charge in [0.15, 0.2) is 0 Å². The van der Waals surface area contributed by atoms with E-state index in [-0.39, 0.29) is 5.69 Å². The fourth-order valence-electron chi connectivity index (χ4n) is 2.25. The van der Waals surface area contributed by atoms with Crippen molar-refractivity contribution in [2.45, 2.75) is 19.8 Å². The Morgan fingerprint density at radius 3 is 2.67 bits per heavy atom. The van der Waals surface area contributed by atoms with E-state index >= 15 is 0 Å². The first-order valence-electron chi connectivity index (χ1n) is 6.05. The summed E-state index contributed by atoms with van der Waals surface area (Å²) in [6, 6.07) is 6.56. The monoisotopic (exact) mass is 245 g/mol. The van der Waals surface area contributed by atoms with Crippen molar-refractivity contribution in [2.24, 2.45) is 5.92 Å². The molecule has 5 nitrogen and oxygen atoms in total. The zero-order valence-corrected chi connectivity index (χ0v) is 10.3. The molecule has 0 radical (unpaired) electrons. The SMILES string of the molecule is CC1CCN(c2ccc([N+](=O)[O-])cc2C#N)CC1. The van der Waals surface area contributed by atoms with Gasteiger partial charge in [0.2, 0.25) is 0 Å². The summed E-state index contributed by atoms with van der Waals surface area (Å²) in [5.74, 6) is 0.713. The van der Waals surface area contributed by atoms with Crippen LogP contribution < -0.4 is 4.90 Å². The molecule has 1 aliphatic heterocycles. The zero-order valence-electron chi connectivity index (χ0n) is 10.3. The summed E-state index contributed by atoms with van der Waals surface area (Å²) in [6.07, 6.45) is 2.20. The molecule has 5 heteroatoms. The van der Waals surface area contributed by atoms with Gasteiger partial charge in [0.1, 0.15) is 6.07 Å². The molecule has 1 fully saturated rings.